The molecule has 1 aromatic carbocycles. The molecule has 164 valence electrons. The highest BCUT2D eigenvalue weighted by Crippen LogP contribution is 2.33. The van der Waals surface area contributed by atoms with Gasteiger partial charge in [-0.1, -0.05) is 12.1 Å². The quantitative estimate of drug-likeness (QED) is 0.485. The number of phenols is 1. The highest BCUT2D eigenvalue weighted by atomic mass is 19.4. The fraction of sp³-hybridized carbons (Fsp3) is 0.556. The standard InChI is InChI=1S/C16H24N2O4.C2HF3O2/c1-10-2-3-12(13(20)8-10)15(17)11-4-6-18(7-5-11)16(22)14(21)9-19;3-2(4,5)1(6)7/h2-3,8,11,14-15,19-21H,4-7,9,17H2,1H3;(H,6,7)/t14-,15-;/m1./s1. The van der Waals surface area contributed by atoms with E-state index in [2.05, 4.69) is 0 Å². The van der Waals surface area contributed by atoms with Crippen molar-refractivity contribution in [3.8, 4) is 5.75 Å². The van der Waals surface area contributed by atoms with Gasteiger partial charge in [-0.15, -0.1) is 0 Å². The van der Waals surface area contributed by atoms with Crippen LogP contribution in [0, 0.1) is 12.8 Å². The zero-order valence-electron chi connectivity index (χ0n) is 15.8. The van der Waals surface area contributed by atoms with E-state index < -0.39 is 30.8 Å². The van der Waals surface area contributed by atoms with E-state index in [0.717, 1.165) is 11.1 Å². The summed E-state index contributed by atoms with van der Waals surface area (Å²) >= 11 is 0. The van der Waals surface area contributed by atoms with Crippen molar-refractivity contribution in [2.75, 3.05) is 19.7 Å². The van der Waals surface area contributed by atoms with Gasteiger partial charge in [0.25, 0.3) is 5.91 Å². The molecule has 0 aliphatic carbocycles. The van der Waals surface area contributed by atoms with E-state index in [9.17, 15) is 28.2 Å². The Morgan fingerprint density at radius 1 is 1.28 bits per heavy atom. The maximum atomic E-state index is 11.8. The molecule has 2 atom stereocenters. The summed E-state index contributed by atoms with van der Waals surface area (Å²) in [5.41, 5.74) is 7.98. The smallest absolute Gasteiger partial charge is 0.490 e. The van der Waals surface area contributed by atoms with E-state index in [1.165, 1.54) is 0 Å². The fourth-order valence-corrected chi connectivity index (χ4v) is 2.96. The predicted octanol–water partition coefficient (Wildman–Crippen LogP) is 0.926. The number of rotatable bonds is 4. The first-order chi connectivity index (χ1) is 13.4. The van der Waals surface area contributed by atoms with Gasteiger partial charge in [0.05, 0.1) is 6.61 Å². The monoisotopic (exact) mass is 422 g/mol. The number of amides is 1. The average molecular weight is 422 g/mol. The Bertz CT molecular complexity index is 705. The largest absolute Gasteiger partial charge is 0.508 e. The van der Waals surface area contributed by atoms with Crippen LogP contribution < -0.4 is 5.73 Å². The van der Waals surface area contributed by atoms with E-state index in [1.807, 2.05) is 19.1 Å². The van der Waals surface area contributed by atoms with E-state index in [4.69, 9.17) is 20.7 Å². The summed E-state index contributed by atoms with van der Waals surface area (Å²) in [6.07, 6.45) is -5.01. The summed E-state index contributed by atoms with van der Waals surface area (Å²) in [6.45, 7) is 2.35. The van der Waals surface area contributed by atoms with Crippen molar-refractivity contribution in [2.45, 2.75) is 38.1 Å². The molecule has 1 aliphatic rings. The third kappa shape index (κ3) is 7.18. The Morgan fingerprint density at radius 3 is 2.21 bits per heavy atom. The highest BCUT2D eigenvalue weighted by Gasteiger charge is 2.38. The number of hydrogen-bond donors (Lipinski definition) is 5. The van der Waals surface area contributed by atoms with Crippen LogP contribution in [0.4, 0.5) is 13.2 Å². The second kappa shape index (κ2) is 10.4. The van der Waals surface area contributed by atoms with E-state index in [0.29, 0.717) is 25.9 Å². The van der Waals surface area contributed by atoms with Gasteiger partial charge in [-0.05, 0) is 37.3 Å². The van der Waals surface area contributed by atoms with Crippen molar-refractivity contribution < 1.29 is 43.2 Å². The van der Waals surface area contributed by atoms with Gasteiger partial charge < -0.3 is 31.1 Å². The molecule has 8 nitrogen and oxygen atoms in total. The number of carboxylic acid groups (broad SMARTS) is 1. The van der Waals surface area contributed by atoms with Crippen molar-refractivity contribution in [2.24, 2.45) is 11.7 Å². The number of nitrogens with zero attached hydrogens (tertiary/aromatic N) is 1. The van der Waals surface area contributed by atoms with Gasteiger partial charge in [-0.3, -0.25) is 4.79 Å². The summed E-state index contributed by atoms with van der Waals surface area (Å²) in [5, 5.41) is 35.4. The van der Waals surface area contributed by atoms with Crippen LogP contribution in [0.5, 0.6) is 5.75 Å². The van der Waals surface area contributed by atoms with Crippen LogP contribution in [0.25, 0.3) is 0 Å². The molecule has 6 N–H and O–H groups in total. The first-order valence-electron chi connectivity index (χ1n) is 8.81. The molecule has 1 saturated heterocycles. The molecule has 1 heterocycles. The molecule has 0 aromatic heterocycles. The first kappa shape index (κ1) is 24.7. The first-order valence-corrected chi connectivity index (χ1v) is 8.81. The third-order valence-electron chi connectivity index (χ3n) is 4.60. The number of carboxylic acids is 1. The van der Waals surface area contributed by atoms with Crippen LogP contribution in [0.15, 0.2) is 18.2 Å². The van der Waals surface area contributed by atoms with Gasteiger partial charge >= 0.3 is 12.1 Å². The highest BCUT2D eigenvalue weighted by molar-refractivity contribution is 5.80. The lowest BCUT2D eigenvalue weighted by Gasteiger charge is -2.35. The van der Waals surface area contributed by atoms with Crippen molar-refractivity contribution >= 4 is 11.9 Å². The van der Waals surface area contributed by atoms with Crippen LogP contribution in [-0.2, 0) is 9.59 Å². The number of aliphatic carboxylic acids is 1. The molecule has 0 unspecified atom stereocenters. The van der Waals surface area contributed by atoms with Crippen LogP contribution in [0.2, 0.25) is 0 Å². The topological polar surface area (TPSA) is 144 Å². The number of aromatic hydroxyl groups is 1. The second-order valence-corrected chi connectivity index (χ2v) is 6.75. The number of halogens is 3. The van der Waals surface area contributed by atoms with Crippen molar-refractivity contribution in [1.29, 1.82) is 0 Å². The summed E-state index contributed by atoms with van der Waals surface area (Å²) < 4.78 is 31.7. The SMILES string of the molecule is Cc1ccc([C@H](N)C2CCN(C(=O)[C@H](O)CO)CC2)c(O)c1.O=C(O)C(F)(F)F. The van der Waals surface area contributed by atoms with E-state index in [1.54, 1.807) is 11.0 Å². The minimum atomic E-state index is -5.08. The number of nitrogens with two attached hydrogens (primary N) is 1. The molecule has 1 aliphatic heterocycles. The molecule has 29 heavy (non-hydrogen) atoms. The number of likely N-dealkylation sites (tertiary alicyclic amines) is 1. The Kier molecular flexibility index (Phi) is 8.86. The lowest BCUT2D eigenvalue weighted by molar-refractivity contribution is -0.192. The Balaban J connectivity index is 0.000000516. The lowest BCUT2D eigenvalue weighted by atomic mass is 9.85. The Labute approximate surface area is 165 Å². The van der Waals surface area contributed by atoms with Gasteiger partial charge in [0.15, 0.2) is 6.10 Å². The normalized spacial score (nSPS) is 17.1. The summed E-state index contributed by atoms with van der Waals surface area (Å²) in [6, 6.07) is 5.19. The molecule has 11 heteroatoms. The number of aryl methyl sites for hydroxylation is 1. The molecular weight excluding hydrogens is 397 g/mol. The van der Waals surface area contributed by atoms with E-state index in [-0.39, 0.29) is 17.7 Å². The number of piperidine rings is 1. The maximum absolute atomic E-state index is 11.8. The van der Waals surface area contributed by atoms with Gasteiger partial charge in [0.2, 0.25) is 0 Å². The molecule has 0 radical (unpaired) electrons. The molecule has 0 spiro atoms. The Morgan fingerprint density at radius 2 is 1.79 bits per heavy atom. The Hall–Kier alpha value is -2.37. The number of carbonyl (C=O) groups excluding carboxylic acids is 1. The van der Waals surface area contributed by atoms with Crippen LogP contribution >= 0.6 is 0 Å². The number of benzene rings is 1. The number of carbonyl (C=O) groups is 2. The number of alkyl halides is 3. The zero-order chi connectivity index (χ0) is 22.4. The number of aliphatic hydroxyl groups is 2. The maximum Gasteiger partial charge on any atom is 0.490 e. The van der Waals surface area contributed by atoms with Crippen LogP contribution in [-0.4, -0.2) is 69.2 Å². The third-order valence-corrected chi connectivity index (χ3v) is 4.60. The minimum absolute atomic E-state index is 0.170. The minimum Gasteiger partial charge on any atom is -0.508 e. The van der Waals surface area contributed by atoms with Gasteiger partial charge in [0, 0.05) is 24.7 Å². The molecule has 1 fully saturated rings. The van der Waals surface area contributed by atoms with Crippen LogP contribution in [0.3, 0.4) is 0 Å². The molecule has 0 saturated carbocycles. The van der Waals surface area contributed by atoms with Gasteiger partial charge in [-0.25, -0.2) is 4.79 Å². The number of hydrogen-bond acceptors (Lipinski definition) is 6. The van der Waals surface area contributed by atoms with Crippen molar-refractivity contribution in [1.82, 2.24) is 4.90 Å². The van der Waals surface area contributed by atoms with Crippen LogP contribution in [0.1, 0.15) is 30.0 Å². The van der Waals surface area contributed by atoms with Gasteiger partial charge in [-0.2, -0.15) is 13.2 Å². The van der Waals surface area contributed by atoms with Crippen molar-refractivity contribution in [3.05, 3.63) is 29.3 Å². The van der Waals surface area contributed by atoms with Crippen molar-refractivity contribution in [3.63, 3.8) is 0 Å². The summed E-state index contributed by atoms with van der Waals surface area (Å²) in [5.74, 6) is -2.81. The molecule has 0 bridgehead atoms. The molecule has 1 aromatic rings. The predicted molar refractivity (Wildman–Crippen MR) is 95.9 cm³/mol. The number of aliphatic hydroxyl groups excluding tert-OH is 2. The molecule has 2 rings (SSSR count). The summed E-state index contributed by atoms with van der Waals surface area (Å²) in [4.78, 5) is 22.3. The fourth-order valence-electron chi connectivity index (χ4n) is 2.96. The number of phenolic OH excluding ortho intramolecular Hbond substituents is 1. The summed E-state index contributed by atoms with van der Waals surface area (Å²) in [7, 11) is 0. The zero-order valence-corrected chi connectivity index (χ0v) is 15.8. The van der Waals surface area contributed by atoms with E-state index >= 15 is 0 Å². The second-order valence-electron chi connectivity index (χ2n) is 6.75. The molecule has 1 amide bonds. The lowest BCUT2D eigenvalue weighted by Crippen LogP contribution is -2.46. The average Bonchev–Trinajstić information content (AvgIpc) is 2.66. The van der Waals surface area contributed by atoms with Gasteiger partial charge in [0.1, 0.15) is 5.75 Å². The molecular formula is C18H25F3N2O6.